The number of benzene rings is 1. The zero-order chi connectivity index (χ0) is 20.9. The monoisotopic (exact) mass is 406 g/mol. The summed E-state index contributed by atoms with van der Waals surface area (Å²) in [5, 5.41) is 0. The normalized spacial score (nSPS) is 13.7. The molecule has 0 bridgehead atoms. The highest BCUT2D eigenvalue weighted by molar-refractivity contribution is 5.54. The third-order valence-electron chi connectivity index (χ3n) is 5.12. The lowest BCUT2D eigenvalue weighted by Crippen LogP contribution is -2.35. The van der Waals surface area contributed by atoms with Crippen LogP contribution in [-0.2, 0) is 19.5 Å². The second kappa shape index (κ2) is 9.09. The molecule has 0 unspecified atom stereocenters. The van der Waals surface area contributed by atoms with Crippen molar-refractivity contribution in [2.45, 2.75) is 33.4 Å². The van der Waals surface area contributed by atoms with Crippen molar-refractivity contribution in [1.82, 2.24) is 19.9 Å². The molecule has 1 aliphatic heterocycles. The van der Waals surface area contributed by atoms with E-state index in [-0.39, 0.29) is 5.56 Å². The molecule has 4 rings (SSSR count). The van der Waals surface area contributed by atoms with Gasteiger partial charge < -0.3 is 14.5 Å². The number of rotatable bonds is 7. The van der Waals surface area contributed by atoms with Crippen LogP contribution in [0, 0.1) is 0 Å². The number of aromatic amines is 1. The van der Waals surface area contributed by atoms with Gasteiger partial charge in [-0.1, -0.05) is 6.07 Å². The summed E-state index contributed by atoms with van der Waals surface area (Å²) in [6.07, 6.45) is 4.08. The van der Waals surface area contributed by atoms with Crippen LogP contribution in [0.15, 0.2) is 47.5 Å². The highest BCUT2D eigenvalue weighted by atomic mass is 16.5. The van der Waals surface area contributed by atoms with Crippen LogP contribution in [0.25, 0.3) is 11.4 Å². The number of pyridine rings is 1. The molecule has 2 aromatic heterocycles. The molecule has 1 aromatic carbocycles. The third-order valence-corrected chi connectivity index (χ3v) is 5.12. The van der Waals surface area contributed by atoms with Crippen LogP contribution in [-0.4, -0.2) is 39.6 Å². The van der Waals surface area contributed by atoms with Crippen LogP contribution in [0.1, 0.15) is 30.7 Å². The number of nitrogens with one attached hydrogen (secondary N) is 1. The van der Waals surface area contributed by atoms with Gasteiger partial charge in [-0.15, -0.1) is 0 Å². The van der Waals surface area contributed by atoms with E-state index in [4.69, 9.17) is 14.5 Å². The van der Waals surface area contributed by atoms with Crippen molar-refractivity contribution in [3.63, 3.8) is 0 Å². The minimum atomic E-state index is -0.0499. The average Bonchev–Trinajstić information content (AvgIpc) is 2.76. The number of nitrogens with zero attached hydrogens (tertiary/aromatic N) is 3. The predicted octanol–water partition coefficient (Wildman–Crippen LogP) is 3.19. The van der Waals surface area contributed by atoms with E-state index in [9.17, 15) is 4.79 Å². The second-order valence-corrected chi connectivity index (χ2v) is 7.18. The van der Waals surface area contributed by atoms with Gasteiger partial charge in [0.05, 0.1) is 18.9 Å². The van der Waals surface area contributed by atoms with Crippen LogP contribution in [0.5, 0.6) is 11.5 Å². The number of ether oxygens (including phenoxy) is 2. The van der Waals surface area contributed by atoms with E-state index >= 15 is 0 Å². The summed E-state index contributed by atoms with van der Waals surface area (Å²) in [6.45, 7) is 7.31. The Morgan fingerprint density at radius 1 is 1.07 bits per heavy atom. The Balaban J connectivity index is 1.55. The molecule has 156 valence electrons. The summed E-state index contributed by atoms with van der Waals surface area (Å²) < 4.78 is 11.4. The van der Waals surface area contributed by atoms with Gasteiger partial charge in [0.25, 0.3) is 5.56 Å². The van der Waals surface area contributed by atoms with Gasteiger partial charge in [-0.3, -0.25) is 14.7 Å². The minimum absolute atomic E-state index is 0.0499. The van der Waals surface area contributed by atoms with Crippen molar-refractivity contribution in [1.29, 1.82) is 0 Å². The van der Waals surface area contributed by atoms with Gasteiger partial charge in [0.15, 0.2) is 11.5 Å². The third kappa shape index (κ3) is 4.36. The Kier molecular flexibility index (Phi) is 6.09. The summed E-state index contributed by atoms with van der Waals surface area (Å²) in [7, 11) is 0. The lowest BCUT2D eigenvalue weighted by Gasteiger charge is -2.28. The Labute approximate surface area is 175 Å². The zero-order valence-corrected chi connectivity index (χ0v) is 17.4. The average molecular weight is 406 g/mol. The van der Waals surface area contributed by atoms with Crippen molar-refractivity contribution in [2.24, 2.45) is 0 Å². The van der Waals surface area contributed by atoms with Gasteiger partial charge in [-0.2, -0.15) is 0 Å². The molecule has 0 saturated heterocycles. The second-order valence-electron chi connectivity index (χ2n) is 7.18. The van der Waals surface area contributed by atoms with Crippen LogP contribution >= 0.6 is 0 Å². The van der Waals surface area contributed by atoms with Gasteiger partial charge in [0.1, 0.15) is 5.82 Å². The smallest absolute Gasteiger partial charge is 0.254 e. The summed E-state index contributed by atoms with van der Waals surface area (Å²) in [6, 6.07) is 9.77. The quantitative estimate of drug-likeness (QED) is 0.649. The Bertz CT molecular complexity index is 1070. The van der Waals surface area contributed by atoms with Crippen LogP contribution in [0.4, 0.5) is 0 Å². The Hall–Kier alpha value is -3.19. The number of hydrogen-bond donors (Lipinski definition) is 1. The van der Waals surface area contributed by atoms with E-state index in [0.717, 1.165) is 47.0 Å². The molecule has 7 heteroatoms. The summed E-state index contributed by atoms with van der Waals surface area (Å²) in [5.74, 6) is 2.12. The van der Waals surface area contributed by atoms with Crippen molar-refractivity contribution in [2.75, 3.05) is 19.8 Å². The van der Waals surface area contributed by atoms with E-state index in [1.54, 1.807) is 12.4 Å². The van der Waals surface area contributed by atoms with Gasteiger partial charge >= 0.3 is 0 Å². The van der Waals surface area contributed by atoms with E-state index in [1.165, 1.54) is 0 Å². The number of aromatic nitrogens is 3. The minimum Gasteiger partial charge on any atom is -0.490 e. The SMILES string of the molecule is CCOc1ccc(CN2CCc3c(nc(-c4ccncc4)[nH]c3=O)C2)cc1OCC. The van der Waals surface area contributed by atoms with Gasteiger partial charge in [-0.25, -0.2) is 4.98 Å². The number of fused-ring (bicyclic) bond motifs is 1. The number of hydrogen-bond acceptors (Lipinski definition) is 6. The molecule has 0 atom stereocenters. The molecule has 3 heterocycles. The molecule has 0 aliphatic carbocycles. The fourth-order valence-corrected chi connectivity index (χ4v) is 3.73. The molecule has 7 nitrogen and oxygen atoms in total. The van der Waals surface area contributed by atoms with Gasteiger partial charge in [0, 0.05) is 43.2 Å². The summed E-state index contributed by atoms with van der Waals surface area (Å²) in [4.78, 5) is 26.6. The largest absolute Gasteiger partial charge is 0.490 e. The lowest BCUT2D eigenvalue weighted by molar-refractivity contribution is 0.239. The first kappa shape index (κ1) is 20.1. The molecule has 30 heavy (non-hydrogen) atoms. The van der Waals surface area contributed by atoms with Crippen LogP contribution in [0.2, 0.25) is 0 Å². The van der Waals surface area contributed by atoms with E-state index in [0.29, 0.717) is 32.0 Å². The molecule has 1 N–H and O–H groups in total. The molecule has 1 aliphatic rings. The van der Waals surface area contributed by atoms with Crippen molar-refractivity contribution >= 4 is 0 Å². The first-order chi connectivity index (χ1) is 14.7. The van der Waals surface area contributed by atoms with Gasteiger partial charge in [-0.05, 0) is 50.1 Å². The molecule has 3 aromatic rings. The van der Waals surface area contributed by atoms with Gasteiger partial charge in [0.2, 0.25) is 0 Å². The molecule has 0 radical (unpaired) electrons. The molecule has 0 saturated carbocycles. The summed E-state index contributed by atoms with van der Waals surface area (Å²) in [5.41, 5.74) is 3.57. The first-order valence-corrected chi connectivity index (χ1v) is 10.3. The molecule has 0 spiro atoms. The van der Waals surface area contributed by atoms with Crippen LogP contribution in [0.3, 0.4) is 0 Å². The summed E-state index contributed by atoms with van der Waals surface area (Å²) >= 11 is 0. The molecule has 0 fully saturated rings. The van der Waals surface area contributed by atoms with E-state index < -0.39 is 0 Å². The highest BCUT2D eigenvalue weighted by Crippen LogP contribution is 2.29. The van der Waals surface area contributed by atoms with E-state index in [2.05, 4.69) is 20.9 Å². The molecule has 0 amide bonds. The van der Waals surface area contributed by atoms with E-state index in [1.807, 2.05) is 38.1 Å². The Morgan fingerprint density at radius 3 is 2.60 bits per heavy atom. The predicted molar refractivity (Wildman–Crippen MR) is 115 cm³/mol. The topological polar surface area (TPSA) is 80.3 Å². The molecular formula is C23H26N4O3. The van der Waals surface area contributed by atoms with Crippen LogP contribution < -0.4 is 15.0 Å². The highest BCUT2D eigenvalue weighted by Gasteiger charge is 2.22. The van der Waals surface area contributed by atoms with Crippen molar-refractivity contribution < 1.29 is 9.47 Å². The number of H-pyrrole nitrogens is 1. The standard InChI is InChI=1S/C23H26N4O3/c1-3-29-20-6-5-16(13-21(20)30-4-2)14-27-12-9-18-19(15-27)25-22(26-23(18)28)17-7-10-24-11-8-17/h5-8,10-11,13H,3-4,9,12,14-15H2,1-2H3,(H,25,26,28). The fraction of sp³-hybridized carbons (Fsp3) is 0.348. The lowest BCUT2D eigenvalue weighted by atomic mass is 10.0. The molecular weight excluding hydrogens is 380 g/mol. The maximum atomic E-state index is 12.6. The Morgan fingerprint density at radius 2 is 1.83 bits per heavy atom. The van der Waals surface area contributed by atoms with Crippen molar-refractivity contribution in [3.8, 4) is 22.9 Å². The maximum absolute atomic E-state index is 12.6. The maximum Gasteiger partial charge on any atom is 0.254 e. The first-order valence-electron chi connectivity index (χ1n) is 10.3. The van der Waals surface area contributed by atoms with Crippen molar-refractivity contribution in [3.05, 3.63) is 69.9 Å². The zero-order valence-electron chi connectivity index (χ0n) is 17.4. The fourth-order valence-electron chi connectivity index (χ4n) is 3.73.